The fourth-order valence-electron chi connectivity index (χ4n) is 6.31. The van der Waals surface area contributed by atoms with Gasteiger partial charge < -0.3 is 14.7 Å². The second-order valence-corrected chi connectivity index (χ2v) is 11.9. The van der Waals surface area contributed by atoms with E-state index in [2.05, 4.69) is 23.9 Å². The van der Waals surface area contributed by atoms with E-state index in [1.807, 2.05) is 24.8 Å². The molecule has 0 unspecified atom stereocenters. The number of rotatable bonds is 7. The second-order valence-electron chi connectivity index (χ2n) is 11.9. The van der Waals surface area contributed by atoms with E-state index >= 15 is 0 Å². The molecule has 188 valence electrons. The number of carbonyl (C=O) groups excluding carboxylic acids is 2. The van der Waals surface area contributed by atoms with Crippen molar-refractivity contribution in [2.45, 2.75) is 63.5 Å². The van der Waals surface area contributed by atoms with Gasteiger partial charge in [-0.3, -0.25) is 9.69 Å². The van der Waals surface area contributed by atoms with Gasteiger partial charge in [0.25, 0.3) is 0 Å². The number of hydrogen-bond donors (Lipinski definition) is 0. The first-order valence-electron chi connectivity index (χ1n) is 12.6. The van der Waals surface area contributed by atoms with Crippen LogP contribution in [0.15, 0.2) is 24.3 Å². The average Bonchev–Trinajstić information content (AvgIpc) is 3.56. The van der Waals surface area contributed by atoms with Crippen molar-refractivity contribution >= 4 is 11.9 Å². The number of halogens is 1. The molecule has 7 heteroatoms. The molecule has 0 bridgehead atoms. The van der Waals surface area contributed by atoms with Crippen LogP contribution >= 0.6 is 0 Å². The van der Waals surface area contributed by atoms with Gasteiger partial charge in [0.1, 0.15) is 5.82 Å². The second kappa shape index (κ2) is 8.81. The molecule has 1 aliphatic heterocycles. The molecule has 0 N–H and O–H groups in total. The highest BCUT2D eigenvalue weighted by molar-refractivity contribution is 5.84. The van der Waals surface area contributed by atoms with Crippen molar-refractivity contribution in [2.24, 2.45) is 11.3 Å². The molecule has 2 saturated carbocycles. The lowest BCUT2D eigenvalue weighted by atomic mass is 9.68. The van der Waals surface area contributed by atoms with Gasteiger partial charge in [-0.15, -0.1) is 0 Å². The number of nitrogens with zero attached hydrogens (tertiary/aromatic N) is 4. The van der Waals surface area contributed by atoms with Gasteiger partial charge in [-0.2, -0.15) is 0 Å². The molecule has 4 rings (SSSR count). The zero-order valence-electron chi connectivity index (χ0n) is 21.7. The van der Waals surface area contributed by atoms with E-state index in [9.17, 15) is 14.0 Å². The molecule has 1 aromatic carbocycles. The third-order valence-electron chi connectivity index (χ3n) is 8.49. The molecule has 2 aliphatic carbocycles. The van der Waals surface area contributed by atoms with Crippen molar-refractivity contribution < 1.29 is 14.0 Å². The number of amides is 3. The topological polar surface area (TPSA) is 47.1 Å². The highest BCUT2D eigenvalue weighted by atomic mass is 19.1. The smallest absolute Gasteiger partial charge is 0.320 e. The summed E-state index contributed by atoms with van der Waals surface area (Å²) in [7, 11) is 7.69. The first-order chi connectivity index (χ1) is 15.9. The van der Waals surface area contributed by atoms with Crippen LogP contribution in [-0.2, 0) is 10.3 Å². The summed E-state index contributed by atoms with van der Waals surface area (Å²) in [4.78, 5) is 34.4. The minimum atomic E-state index is -0.639. The van der Waals surface area contributed by atoms with Crippen LogP contribution in [0.2, 0.25) is 0 Å². The molecular weight excluding hydrogens is 431 g/mol. The first kappa shape index (κ1) is 25.0. The number of urea groups is 1. The summed E-state index contributed by atoms with van der Waals surface area (Å²) in [6.45, 7) is 5.76. The quantitative estimate of drug-likeness (QED) is 0.599. The molecule has 3 aliphatic rings. The summed E-state index contributed by atoms with van der Waals surface area (Å²) >= 11 is 0. The molecule has 0 radical (unpaired) electrons. The van der Waals surface area contributed by atoms with Gasteiger partial charge in [-0.1, -0.05) is 12.1 Å². The van der Waals surface area contributed by atoms with Gasteiger partial charge >= 0.3 is 6.03 Å². The maximum Gasteiger partial charge on any atom is 0.320 e. The van der Waals surface area contributed by atoms with Crippen LogP contribution in [0.3, 0.4) is 0 Å². The monoisotopic (exact) mass is 472 g/mol. The van der Waals surface area contributed by atoms with E-state index < -0.39 is 5.41 Å². The Morgan fingerprint density at radius 3 is 2.29 bits per heavy atom. The van der Waals surface area contributed by atoms with E-state index in [0.29, 0.717) is 19.0 Å². The molecule has 0 aromatic heterocycles. The van der Waals surface area contributed by atoms with E-state index in [4.69, 9.17) is 0 Å². The lowest BCUT2D eigenvalue weighted by molar-refractivity contribution is -0.138. The molecular formula is C27H41FN4O2. The molecule has 1 spiro atoms. The summed E-state index contributed by atoms with van der Waals surface area (Å²) in [6, 6.07) is 7.07. The summed E-state index contributed by atoms with van der Waals surface area (Å²) < 4.78 is 14.1. The largest absolute Gasteiger partial charge is 0.348 e. The van der Waals surface area contributed by atoms with Crippen LogP contribution in [-0.4, -0.2) is 84.9 Å². The Balaban J connectivity index is 1.59. The standard InChI is InChI=1S/C27H41FN4O2/c1-25(2,23(33)29(3)4)18-31-19-26(32(24(31)34)17-20-10-11-20)12-14-27(15-13-26,30(5)6)21-8-7-9-22(28)16-21/h7-9,16,20H,10-15,17-19H2,1-6H3. The Morgan fingerprint density at radius 2 is 1.76 bits per heavy atom. The molecule has 0 atom stereocenters. The Morgan fingerprint density at radius 1 is 1.12 bits per heavy atom. The predicted octanol–water partition coefficient (Wildman–Crippen LogP) is 4.16. The lowest BCUT2D eigenvalue weighted by Crippen LogP contribution is -2.55. The maximum absolute atomic E-state index is 14.1. The fourth-order valence-corrected chi connectivity index (χ4v) is 6.31. The van der Waals surface area contributed by atoms with Crippen LogP contribution in [0.4, 0.5) is 9.18 Å². The van der Waals surface area contributed by atoms with E-state index in [1.54, 1.807) is 31.1 Å². The molecule has 1 heterocycles. The van der Waals surface area contributed by atoms with Crippen LogP contribution in [0.25, 0.3) is 0 Å². The van der Waals surface area contributed by atoms with Crippen molar-refractivity contribution in [1.29, 1.82) is 0 Å². The SMILES string of the molecule is CN(C)C(=O)C(C)(C)CN1CC2(CCC(c3cccc(F)c3)(N(C)C)CC2)N(CC2CC2)C1=O. The number of hydrogen-bond acceptors (Lipinski definition) is 3. The minimum Gasteiger partial charge on any atom is -0.348 e. The van der Waals surface area contributed by atoms with Crippen LogP contribution in [0, 0.1) is 17.2 Å². The van der Waals surface area contributed by atoms with Gasteiger partial charge in [0.15, 0.2) is 0 Å². The summed E-state index contributed by atoms with van der Waals surface area (Å²) in [5.74, 6) is 0.432. The van der Waals surface area contributed by atoms with Crippen LogP contribution in [0.1, 0.15) is 57.9 Å². The Labute approximate surface area is 204 Å². The molecule has 6 nitrogen and oxygen atoms in total. The molecule has 1 aromatic rings. The van der Waals surface area contributed by atoms with Crippen molar-refractivity contribution in [1.82, 2.24) is 19.6 Å². The van der Waals surface area contributed by atoms with Crippen molar-refractivity contribution in [3.63, 3.8) is 0 Å². The Kier molecular flexibility index (Phi) is 6.47. The summed E-state index contributed by atoms with van der Waals surface area (Å²) in [5.41, 5.74) is -0.0848. The number of benzene rings is 1. The maximum atomic E-state index is 14.1. The normalized spacial score (nSPS) is 27.7. The van der Waals surface area contributed by atoms with Gasteiger partial charge in [-0.25, -0.2) is 9.18 Å². The molecule has 34 heavy (non-hydrogen) atoms. The van der Waals surface area contributed by atoms with Gasteiger partial charge in [0, 0.05) is 39.3 Å². The molecule has 3 amide bonds. The highest BCUT2D eigenvalue weighted by Gasteiger charge is 2.56. The zero-order chi connectivity index (χ0) is 24.9. The molecule has 3 fully saturated rings. The average molecular weight is 473 g/mol. The van der Waals surface area contributed by atoms with Gasteiger partial charge in [0.05, 0.1) is 11.0 Å². The minimum absolute atomic E-state index is 0.0383. The third-order valence-corrected chi connectivity index (χ3v) is 8.49. The van der Waals surface area contributed by atoms with E-state index in [0.717, 1.165) is 37.8 Å². The fraction of sp³-hybridized carbons (Fsp3) is 0.704. The van der Waals surface area contributed by atoms with Crippen molar-refractivity contribution in [3.05, 3.63) is 35.6 Å². The number of carbonyl (C=O) groups is 2. The Hall–Kier alpha value is -2.15. The Bertz CT molecular complexity index is 932. The van der Waals surface area contributed by atoms with Crippen molar-refractivity contribution in [3.8, 4) is 0 Å². The van der Waals surface area contributed by atoms with Crippen molar-refractivity contribution in [2.75, 3.05) is 47.8 Å². The predicted molar refractivity (Wildman–Crippen MR) is 132 cm³/mol. The van der Waals surface area contributed by atoms with Crippen LogP contribution < -0.4 is 0 Å². The van der Waals surface area contributed by atoms with E-state index in [1.165, 1.54) is 18.9 Å². The lowest BCUT2D eigenvalue weighted by Gasteiger charge is -2.51. The van der Waals surface area contributed by atoms with Gasteiger partial charge in [0.2, 0.25) is 5.91 Å². The van der Waals surface area contributed by atoms with Gasteiger partial charge in [-0.05, 0) is 90.1 Å². The summed E-state index contributed by atoms with van der Waals surface area (Å²) in [6.07, 6.45) is 5.86. The summed E-state index contributed by atoms with van der Waals surface area (Å²) in [5, 5.41) is 0. The van der Waals surface area contributed by atoms with E-state index in [-0.39, 0.29) is 28.8 Å². The first-order valence-corrected chi connectivity index (χ1v) is 12.6. The van der Waals surface area contributed by atoms with Crippen LogP contribution in [0.5, 0.6) is 0 Å². The zero-order valence-corrected chi connectivity index (χ0v) is 21.7. The third kappa shape index (κ3) is 4.43. The molecule has 1 saturated heterocycles. The highest BCUT2D eigenvalue weighted by Crippen LogP contribution is 2.50.